The Morgan fingerprint density at radius 2 is 2.24 bits per heavy atom. The van der Waals surface area contributed by atoms with Crippen molar-refractivity contribution in [2.75, 3.05) is 6.54 Å². The molecule has 0 radical (unpaired) electrons. The molecule has 4 heteroatoms. The van der Waals surface area contributed by atoms with E-state index in [9.17, 15) is 0 Å². The van der Waals surface area contributed by atoms with E-state index < -0.39 is 0 Å². The zero-order valence-electron chi connectivity index (χ0n) is 12.1. The Morgan fingerprint density at radius 3 is 2.90 bits per heavy atom. The van der Waals surface area contributed by atoms with E-state index in [2.05, 4.69) is 23.1 Å². The molecular weight excluding hydrogens is 282 g/mol. The summed E-state index contributed by atoms with van der Waals surface area (Å²) >= 11 is 6.24. The third kappa shape index (κ3) is 3.54. The van der Waals surface area contributed by atoms with Crippen molar-refractivity contribution in [2.45, 2.75) is 31.8 Å². The van der Waals surface area contributed by atoms with Gasteiger partial charge in [-0.15, -0.1) is 6.42 Å². The summed E-state index contributed by atoms with van der Waals surface area (Å²) in [5.41, 5.74) is 7.85. The predicted octanol–water partition coefficient (Wildman–Crippen LogP) is 3.28. The molecule has 0 saturated heterocycles. The number of fused-ring (bicyclic) bond motifs is 1. The lowest BCUT2D eigenvalue weighted by atomic mass is 10.0. The number of benzene rings is 1. The first-order valence-corrected chi connectivity index (χ1v) is 7.54. The molecule has 0 saturated carbocycles. The van der Waals surface area contributed by atoms with Crippen LogP contribution in [0.4, 0.5) is 0 Å². The maximum atomic E-state index is 6.24. The van der Waals surface area contributed by atoms with Crippen molar-refractivity contribution >= 4 is 22.5 Å². The molecule has 1 aromatic heterocycles. The number of rotatable bonds is 6. The molecule has 3 N–H and O–H groups in total. The highest BCUT2D eigenvalue weighted by Crippen LogP contribution is 2.28. The van der Waals surface area contributed by atoms with Crippen molar-refractivity contribution in [1.82, 2.24) is 10.3 Å². The van der Waals surface area contributed by atoms with Crippen LogP contribution < -0.4 is 11.1 Å². The largest absolute Gasteiger partial charge is 0.329 e. The van der Waals surface area contributed by atoms with Crippen molar-refractivity contribution in [3.8, 4) is 12.3 Å². The number of halogens is 1. The van der Waals surface area contributed by atoms with Crippen LogP contribution in [0.3, 0.4) is 0 Å². The molecule has 0 aliphatic heterocycles. The smallest absolute Gasteiger partial charge is 0.0765 e. The van der Waals surface area contributed by atoms with E-state index in [4.69, 9.17) is 23.8 Å². The van der Waals surface area contributed by atoms with Gasteiger partial charge in [0, 0.05) is 29.2 Å². The molecule has 2 aromatic rings. The molecule has 0 bridgehead atoms. The van der Waals surface area contributed by atoms with Crippen LogP contribution in [0.1, 0.15) is 31.4 Å². The lowest BCUT2D eigenvalue weighted by molar-refractivity contribution is 0.477. The topological polar surface area (TPSA) is 50.9 Å². The molecule has 2 unspecified atom stereocenters. The monoisotopic (exact) mass is 301 g/mol. The first kappa shape index (κ1) is 15.8. The molecule has 0 aliphatic carbocycles. The van der Waals surface area contributed by atoms with Gasteiger partial charge in [-0.25, -0.2) is 0 Å². The van der Waals surface area contributed by atoms with Crippen molar-refractivity contribution in [3.63, 3.8) is 0 Å². The normalized spacial score (nSPS) is 13.8. The SMILES string of the molecule is C#CC(CCC)NC(CN)c1ccc(Cl)c2cccnc12. The van der Waals surface area contributed by atoms with Gasteiger partial charge in [0.2, 0.25) is 0 Å². The summed E-state index contributed by atoms with van der Waals surface area (Å²) in [5, 5.41) is 5.07. The Kier molecular flexibility index (Phi) is 5.58. The minimum atomic E-state index is -0.0349. The fourth-order valence-electron chi connectivity index (χ4n) is 2.47. The van der Waals surface area contributed by atoms with Crippen LogP contribution in [-0.4, -0.2) is 17.6 Å². The lowest BCUT2D eigenvalue weighted by Gasteiger charge is -2.22. The second-order valence-electron chi connectivity index (χ2n) is 5.00. The minimum absolute atomic E-state index is 0.0120. The van der Waals surface area contributed by atoms with Gasteiger partial charge in [0.05, 0.1) is 11.6 Å². The zero-order chi connectivity index (χ0) is 15.2. The van der Waals surface area contributed by atoms with Gasteiger partial charge < -0.3 is 5.73 Å². The molecule has 0 amide bonds. The Morgan fingerprint density at radius 1 is 1.43 bits per heavy atom. The zero-order valence-corrected chi connectivity index (χ0v) is 12.9. The summed E-state index contributed by atoms with van der Waals surface area (Å²) in [6, 6.07) is 7.68. The second-order valence-corrected chi connectivity index (χ2v) is 5.41. The number of hydrogen-bond donors (Lipinski definition) is 2. The number of nitrogens with zero attached hydrogens (tertiary/aromatic N) is 1. The molecule has 110 valence electrons. The van der Waals surface area contributed by atoms with Gasteiger partial charge in [0.25, 0.3) is 0 Å². The van der Waals surface area contributed by atoms with Gasteiger partial charge in [0.1, 0.15) is 0 Å². The van der Waals surface area contributed by atoms with Crippen molar-refractivity contribution in [1.29, 1.82) is 0 Å². The first-order chi connectivity index (χ1) is 10.2. The highest BCUT2D eigenvalue weighted by Gasteiger charge is 2.17. The van der Waals surface area contributed by atoms with Gasteiger partial charge in [-0.2, -0.15) is 0 Å². The lowest BCUT2D eigenvalue weighted by Crippen LogP contribution is -2.36. The fourth-order valence-corrected chi connectivity index (χ4v) is 2.69. The number of terminal acetylenes is 1. The molecule has 1 heterocycles. The highest BCUT2D eigenvalue weighted by atomic mass is 35.5. The van der Waals surface area contributed by atoms with E-state index in [0.717, 1.165) is 29.3 Å². The Bertz CT molecular complexity index is 648. The van der Waals surface area contributed by atoms with Crippen LogP contribution in [0.5, 0.6) is 0 Å². The third-order valence-corrected chi connectivity index (χ3v) is 3.87. The third-order valence-electron chi connectivity index (χ3n) is 3.54. The molecule has 21 heavy (non-hydrogen) atoms. The second kappa shape index (κ2) is 7.42. The molecule has 0 fully saturated rings. The Balaban J connectivity index is 2.39. The Hall–Kier alpha value is -1.60. The van der Waals surface area contributed by atoms with Crippen LogP contribution in [0, 0.1) is 12.3 Å². The average molecular weight is 302 g/mol. The van der Waals surface area contributed by atoms with E-state index in [1.807, 2.05) is 24.3 Å². The maximum Gasteiger partial charge on any atom is 0.0765 e. The van der Waals surface area contributed by atoms with Gasteiger partial charge >= 0.3 is 0 Å². The standard InChI is InChI=1S/C17H20ClN3/c1-3-6-12(4-2)21-16(11-19)14-8-9-15(18)13-7-5-10-20-17(13)14/h2,5,7-10,12,16,21H,3,6,11,19H2,1H3. The van der Waals surface area contributed by atoms with Crippen LogP contribution >= 0.6 is 11.6 Å². The van der Waals surface area contributed by atoms with Gasteiger partial charge in [-0.3, -0.25) is 10.3 Å². The van der Waals surface area contributed by atoms with Crippen LogP contribution in [0.2, 0.25) is 5.02 Å². The summed E-state index contributed by atoms with van der Waals surface area (Å²) in [4.78, 5) is 4.46. The molecule has 2 rings (SSSR count). The van der Waals surface area contributed by atoms with E-state index >= 15 is 0 Å². The highest BCUT2D eigenvalue weighted by molar-refractivity contribution is 6.35. The number of pyridine rings is 1. The van der Waals surface area contributed by atoms with Gasteiger partial charge in [0.15, 0.2) is 0 Å². The van der Waals surface area contributed by atoms with Crippen molar-refractivity contribution in [3.05, 3.63) is 41.0 Å². The molecule has 0 spiro atoms. The van der Waals surface area contributed by atoms with E-state index in [1.165, 1.54) is 0 Å². The summed E-state index contributed by atoms with van der Waals surface area (Å²) in [6.45, 7) is 2.57. The summed E-state index contributed by atoms with van der Waals surface area (Å²) in [7, 11) is 0. The quantitative estimate of drug-likeness (QED) is 0.805. The predicted molar refractivity (Wildman–Crippen MR) is 89.2 cm³/mol. The van der Waals surface area contributed by atoms with Crippen LogP contribution in [-0.2, 0) is 0 Å². The number of aromatic nitrogens is 1. The maximum absolute atomic E-state index is 6.24. The summed E-state index contributed by atoms with van der Waals surface area (Å²) in [6.07, 6.45) is 9.30. The number of nitrogens with one attached hydrogen (secondary N) is 1. The number of hydrogen-bond acceptors (Lipinski definition) is 3. The fraction of sp³-hybridized carbons (Fsp3) is 0.353. The van der Waals surface area contributed by atoms with E-state index in [1.54, 1.807) is 6.20 Å². The molecule has 1 aromatic carbocycles. The Labute approximate surface area is 130 Å². The number of nitrogens with two attached hydrogens (primary N) is 1. The molecule has 0 aliphatic rings. The first-order valence-electron chi connectivity index (χ1n) is 7.16. The molecule has 3 nitrogen and oxygen atoms in total. The van der Waals surface area contributed by atoms with Crippen LogP contribution in [0.15, 0.2) is 30.5 Å². The van der Waals surface area contributed by atoms with E-state index in [0.29, 0.717) is 11.6 Å². The van der Waals surface area contributed by atoms with Gasteiger partial charge in [-0.05, 0) is 30.2 Å². The van der Waals surface area contributed by atoms with Crippen LogP contribution in [0.25, 0.3) is 10.9 Å². The van der Waals surface area contributed by atoms with E-state index in [-0.39, 0.29) is 12.1 Å². The summed E-state index contributed by atoms with van der Waals surface area (Å²) in [5.74, 6) is 2.78. The summed E-state index contributed by atoms with van der Waals surface area (Å²) < 4.78 is 0. The van der Waals surface area contributed by atoms with Gasteiger partial charge in [-0.1, -0.05) is 36.9 Å². The van der Waals surface area contributed by atoms with Crippen molar-refractivity contribution < 1.29 is 0 Å². The molecular formula is C17H20ClN3. The van der Waals surface area contributed by atoms with Crippen molar-refractivity contribution in [2.24, 2.45) is 5.73 Å². The molecule has 2 atom stereocenters. The minimum Gasteiger partial charge on any atom is -0.329 e. The average Bonchev–Trinajstić information content (AvgIpc) is 2.52.